The second-order valence-electron chi connectivity index (χ2n) is 4.39. The number of ether oxygens (including phenoxy) is 1. The Labute approximate surface area is 139 Å². The van der Waals surface area contributed by atoms with E-state index in [4.69, 9.17) is 4.74 Å². The molecule has 0 radical (unpaired) electrons. The standard InChI is InChI=1S/C15H25N3O.HI/c1-4-19-11-5-10-17-15(16-3)18-12-14-8-6-13(2)7-9-14;/h6-9H,4-5,10-12H2,1-3H3,(H2,16,17,18);1H. The highest BCUT2D eigenvalue weighted by molar-refractivity contribution is 14.0. The van der Waals surface area contributed by atoms with Gasteiger partial charge in [0, 0.05) is 33.4 Å². The molecule has 4 nitrogen and oxygen atoms in total. The van der Waals surface area contributed by atoms with Gasteiger partial charge in [0.25, 0.3) is 0 Å². The molecule has 0 atom stereocenters. The Morgan fingerprint density at radius 1 is 1.20 bits per heavy atom. The van der Waals surface area contributed by atoms with Gasteiger partial charge in [0.2, 0.25) is 0 Å². The number of hydrogen-bond donors (Lipinski definition) is 2. The zero-order valence-corrected chi connectivity index (χ0v) is 14.9. The quantitative estimate of drug-likeness (QED) is 0.325. The van der Waals surface area contributed by atoms with Gasteiger partial charge in [0.05, 0.1) is 0 Å². The van der Waals surface area contributed by atoms with E-state index in [-0.39, 0.29) is 24.0 Å². The Balaban J connectivity index is 0.00000361. The molecule has 0 spiro atoms. The summed E-state index contributed by atoms with van der Waals surface area (Å²) in [4.78, 5) is 4.19. The number of hydrogen-bond acceptors (Lipinski definition) is 2. The predicted octanol–water partition coefficient (Wildman–Crippen LogP) is 2.70. The number of aryl methyl sites for hydroxylation is 1. The number of nitrogens with one attached hydrogen (secondary N) is 2. The summed E-state index contributed by atoms with van der Waals surface area (Å²) in [6, 6.07) is 8.50. The van der Waals surface area contributed by atoms with Crippen LogP contribution in [0, 0.1) is 6.92 Å². The van der Waals surface area contributed by atoms with Gasteiger partial charge in [0.15, 0.2) is 5.96 Å². The minimum absolute atomic E-state index is 0. The Kier molecular flexibility index (Phi) is 11.5. The van der Waals surface area contributed by atoms with Crippen LogP contribution in [0.25, 0.3) is 0 Å². The van der Waals surface area contributed by atoms with E-state index < -0.39 is 0 Å². The monoisotopic (exact) mass is 391 g/mol. The first-order valence-electron chi connectivity index (χ1n) is 6.84. The van der Waals surface area contributed by atoms with E-state index in [1.807, 2.05) is 6.92 Å². The predicted molar refractivity (Wildman–Crippen MR) is 95.9 cm³/mol. The molecule has 1 aromatic carbocycles. The van der Waals surface area contributed by atoms with Crippen LogP contribution in [0.3, 0.4) is 0 Å². The van der Waals surface area contributed by atoms with Gasteiger partial charge in [-0.2, -0.15) is 0 Å². The lowest BCUT2D eigenvalue weighted by atomic mass is 10.1. The van der Waals surface area contributed by atoms with E-state index >= 15 is 0 Å². The Hall–Kier alpha value is -0.820. The van der Waals surface area contributed by atoms with Crippen LogP contribution in [0.15, 0.2) is 29.3 Å². The van der Waals surface area contributed by atoms with E-state index in [1.165, 1.54) is 11.1 Å². The van der Waals surface area contributed by atoms with Crippen molar-refractivity contribution in [2.45, 2.75) is 26.8 Å². The molecular weight excluding hydrogens is 365 g/mol. The fourth-order valence-electron chi connectivity index (χ4n) is 1.64. The largest absolute Gasteiger partial charge is 0.382 e. The average molecular weight is 391 g/mol. The van der Waals surface area contributed by atoms with Crippen LogP contribution < -0.4 is 10.6 Å². The molecule has 0 bridgehead atoms. The van der Waals surface area contributed by atoms with Crippen molar-refractivity contribution in [3.8, 4) is 0 Å². The summed E-state index contributed by atoms with van der Waals surface area (Å²) in [5, 5.41) is 6.56. The highest BCUT2D eigenvalue weighted by Crippen LogP contribution is 2.02. The Morgan fingerprint density at radius 3 is 2.50 bits per heavy atom. The molecule has 0 saturated heterocycles. The zero-order chi connectivity index (χ0) is 13.9. The SMILES string of the molecule is CCOCCCNC(=NC)NCc1ccc(C)cc1.I. The molecule has 0 heterocycles. The molecule has 0 aliphatic carbocycles. The topological polar surface area (TPSA) is 45.6 Å². The number of aliphatic imine (C=N–C) groups is 1. The smallest absolute Gasteiger partial charge is 0.191 e. The summed E-state index contributed by atoms with van der Waals surface area (Å²) in [5.74, 6) is 0.831. The first-order chi connectivity index (χ1) is 9.26. The van der Waals surface area contributed by atoms with Gasteiger partial charge in [0.1, 0.15) is 0 Å². The van der Waals surface area contributed by atoms with E-state index in [0.29, 0.717) is 0 Å². The van der Waals surface area contributed by atoms with Crippen LogP contribution in [0.2, 0.25) is 0 Å². The second-order valence-corrected chi connectivity index (χ2v) is 4.39. The molecular formula is C15H26IN3O. The van der Waals surface area contributed by atoms with E-state index in [0.717, 1.165) is 38.7 Å². The van der Waals surface area contributed by atoms with Crippen LogP contribution >= 0.6 is 24.0 Å². The minimum Gasteiger partial charge on any atom is -0.382 e. The van der Waals surface area contributed by atoms with Crippen molar-refractivity contribution in [1.29, 1.82) is 0 Å². The van der Waals surface area contributed by atoms with Crippen LogP contribution in [0.5, 0.6) is 0 Å². The summed E-state index contributed by atoms with van der Waals surface area (Å²) in [6.45, 7) is 7.32. The number of guanidine groups is 1. The normalized spacial score (nSPS) is 10.8. The molecule has 0 fully saturated rings. The fourth-order valence-corrected chi connectivity index (χ4v) is 1.64. The number of nitrogens with zero attached hydrogens (tertiary/aromatic N) is 1. The highest BCUT2D eigenvalue weighted by atomic mass is 127. The third-order valence-electron chi connectivity index (χ3n) is 2.77. The number of rotatable bonds is 7. The van der Waals surface area contributed by atoms with Crippen LogP contribution in [0.1, 0.15) is 24.5 Å². The van der Waals surface area contributed by atoms with Crippen molar-refractivity contribution in [3.63, 3.8) is 0 Å². The minimum atomic E-state index is 0. The molecule has 1 rings (SSSR count). The van der Waals surface area contributed by atoms with Crippen molar-refractivity contribution in [1.82, 2.24) is 10.6 Å². The lowest BCUT2D eigenvalue weighted by Gasteiger charge is -2.12. The maximum atomic E-state index is 5.29. The van der Waals surface area contributed by atoms with Gasteiger partial charge in [-0.25, -0.2) is 0 Å². The van der Waals surface area contributed by atoms with Gasteiger partial charge in [-0.3, -0.25) is 4.99 Å². The third-order valence-corrected chi connectivity index (χ3v) is 2.77. The molecule has 5 heteroatoms. The molecule has 0 aliphatic rings. The molecule has 20 heavy (non-hydrogen) atoms. The first kappa shape index (κ1) is 19.2. The second kappa shape index (κ2) is 12.0. The first-order valence-corrected chi connectivity index (χ1v) is 6.84. The maximum absolute atomic E-state index is 5.29. The van der Waals surface area contributed by atoms with Crippen molar-refractivity contribution in [3.05, 3.63) is 35.4 Å². The van der Waals surface area contributed by atoms with Gasteiger partial charge in [-0.05, 0) is 25.8 Å². The van der Waals surface area contributed by atoms with Crippen LogP contribution in [-0.4, -0.2) is 32.8 Å². The van der Waals surface area contributed by atoms with E-state index in [1.54, 1.807) is 7.05 Å². The fraction of sp³-hybridized carbons (Fsp3) is 0.533. The van der Waals surface area contributed by atoms with Gasteiger partial charge < -0.3 is 15.4 Å². The Morgan fingerprint density at radius 2 is 1.90 bits per heavy atom. The molecule has 0 saturated carbocycles. The molecule has 0 aromatic heterocycles. The summed E-state index contributed by atoms with van der Waals surface area (Å²) in [7, 11) is 1.78. The van der Waals surface area contributed by atoms with Gasteiger partial charge in [-0.1, -0.05) is 29.8 Å². The molecule has 0 unspecified atom stereocenters. The molecule has 114 valence electrons. The summed E-state index contributed by atoms with van der Waals surface area (Å²) in [6.07, 6.45) is 0.985. The van der Waals surface area contributed by atoms with Crippen molar-refractivity contribution >= 4 is 29.9 Å². The zero-order valence-electron chi connectivity index (χ0n) is 12.6. The molecule has 0 aliphatic heterocycles. The van der Waals surface area contributed by atoms with Crippen molar-refractivity contribution in [2.75, 3.05) is 26.8 Å². The summed E-state index contributed by atoms with van der Waals surface area (Å²) in [5.41, 5.74) is 2.53. The lowest BCUT2D eigenvalue weighted by molar-refractivity contribution is 0.145. The molecule has 0 amide bonds. The lowest BCUT2D eigenvalue weighted by Crippen LogP contribution is -2.37. The van der Waals surface area contributed by atoms with E-state index in [2.05, 4.69) is 46.8 Å². The highest BCUT2D eigenvalue weighted by Gasteiger charge is 1.97. The molecule has 2 N–H and O–H groups in total. The van der Waals surface area contributed by atoms with Crippen molar-refractivity contribution in [2.24, 2.45) is 4.99 Å². The Bertz CT molecular complexity index is 379. The summed E-state index contributed by atoms with van der Waals surface area (Å²) < 4.78 is 5.29. The van der Waals surface area contributed by atoms with E-state index in [9.17, 15) is 0 Å². The van der Waals surface area contributed by atoms with Crippen LogP contribution in [0.4, 0.5) is 0 Å². The third kappa shape index (κ3) is 8.37. The number of halogens is 1. The average Bonchev–Trinajstić information content (AvgIpc) is 2.44. The van der Waals surface area contributed by atoms with Crippen LogP contribution in [-0.2, 0) is 11.3 Å². The van der Waals surface area contributed by atoms with Gasteiger partial charge in [-0.15, -0.1) is 24.0 Å². The molecule has 1 aromatic rings. The summed E-state index contributed by atoms with van der Waals surface area (Å²) >= 11 is 0. The van der Waals surface area contributed by atoms with Crippen molar-refractivity contribution < 1.29 is 4.74 Å². The maximum Gasteiger partial charge on any atom is 0.191 e. The van der Waals surface area contributed by atoms with Gasteiger partial charge >= 0.3 is 0 Å². The number of benzene rings is 1.